The molecule has 0 saturated carbocycles. The van der Waals surface area contributed by atoms with E-state index in [1.807, 2.05) is 0 Å². The Balaban J connectivity index is 1.77. The van der Waals surface area contributed by atoms with Crippen LogP contribution in [0.5, 0.6) is 0 Å². The van der Waals surface area contributed by atoms with Crippen LogP contribution in [0.3, 0.4) is 0 Å². The number of sulfonamides is 2. The van der Waals surface area contributed by atoms with Gasteiger partial charge in [-0.3, -0.25) is 9.44 Å². The first-order valence-corrected chi connectivity index (χ1v) is 15.0. The third-order valence-electron chi connectivity index (χ3n) is 3.99. The molecule has 0 bridgehead atoms. The number of rotatable bonds is 7. The molecule has 2 N–H and O–H groups in total. The van der Waals surface area contributed by atoms with E-state index < -0.39 is 20.0 Å². The van der Waals surface area contributed by atoms with Crippen molar-refractivity contribution in [2.24, 2.45) is 0 Å². The van der Waals surface area contributed by atoms with E-state index in [0.29, 0.717) is 18.6 Å². The number of thiophene rings is 3. The van der Waals surface area contributed by atoms with Crippen LogP contribution in [0, 0.1) is 0 Å². The summed E-state index contributed by atoms with van der Waals surface area (Å²) in [5.74, 6) is 0. The second-order valence-corrected chi connectivity index (χ2v) is 15.2. The van der Waals surface area contributed by atoms with Gasteiger partial charge >= 0.3 is 0 Å². The molecule has 0 radical (unpaired) electrons. The molecule has 0 fully saturated rings. The Labute approximate surface area is 211 Å². The Bertz CT molecular complexity index is 1510. The van der Waals surface area contributed by atoms with E-state index in [-0.39, 0.29) is 19.8 Å². The monoisotopic (exact) mass is 584 g/mol. The molecule has 0 aliphatic rings. The number of hydrogen-bond donors (Lipinski definition) is 2. The number of hydrogen-bond acceptors (Lipinski definition) is 7. The quantitative estimate of drug-likeness (QED) is 0.242. The van der Waals surface area contributed by atoms with Gasteiger partial charge in [0.1, 0.15) is 8.42 Å². The number of halogens is 3. The van der Waals surface area contributed by atoms with Crippen molar-refractivity contribution in [3.8, 4) is 10.4 Å². The molecule has 3 heterocycles. The molecule has 6 nitrogen and oxygen atoms in total. The van der Waals surface area contributed by atoms with Crippen molar-refractivity contribution in [2.75, 3.05) is 9.44 Å². The van der Waals surface area contributed by atoms with Crippen molar-refractivity contribution < 1.29 is 16.8 Å². The molecule has 32 heavy (non-hydrogen) atoms. The SMILES string of the molecule is O=S(=O)(Nc1ccc(-c2ccc(Cl)s2)cc1NS(=O)(=O)c1ccc(Cl)s1)c1ccc(Cl)s1. The van der Waals surface area contributed by atoms with Crippen LogP contribution in [-0.2, 0) is 20.0 Å². The van der Waals surface area contributed by atoms with Crippen LogP contribution in [0.25, 0.3) is 10.4 Å². The average molecular weight is 586 g/mol. The maximum atomic E-state index is 12.9. The van der Waals surface area contributed by atoms with Gasteiger partial charge in [-0.05, 0) is 54.1 Å². The van der Waals surface area contributed by atoms with Crippen molar-refractivity contribution >= 4 is 100 Å². The lowest BCUT2D eigenvalue weighted by molar-refractivity contribution is 0.601. The zero-order chi connectivity index (χ0) is 23.1. The predicted octanol–water partition coefficient (Wildman–Crippen LogP) is 7.10. The second kappa shape index (κ2) is 9.15. The molecule has 168 valence electrons. The van der Waals surface area contributed by atoms with Gasteiger partial charge in [-0.25, -0.2) is 16.8 Å². The van der Waals surface area contributed by atoms with Gasteiger partial charge in [-0.1, -0.05) is 40.9 Å². The van der Waals surface area contributed by atoms with Crippen LogP contribution in [0.4, 0.5) is 11.4 Å². The molecule has 4 aromatic rings. The van der Waals surface area contributed by atoms with Crippen LogP contribution in [0.1, 0.15) is 0 Å². The van der Waals surface area contributed by atoms with Gasteiger partial charge in [0.15, 0.2) is 0 Å². The van der Waals surface area contributed by atoms with Crippen molar-refractivity contribution in [1.29, 1.82) is 0 Å². The Morgan fingerprint density at radius 2 is 1.09 bits per heavy atom. The highest BCUT2D eigenvalue weighted by Gasteiger charge is 2.23. The minimum atomic E-state index is -4.02. The highest BCUT2D eigenvalue weighted by molar-refractivity contribution is 7.95. The molecule has 0 atom stereocenters. The van der Waals surface area contributed by atoms with E-state index in [1.165, 1.54) is 47.7 Å². The van der Waals surface area contributed by atoms with Crippen molar-refractivity contribution in [2.45, 2.75) is 8.42 Å². The third kappa shape index (κ3) is 5.26. The van der Waals surface area contributed by atoms with E-state index in [0.717, 1.165) is 27.6 Å². The summed E-state index contributed by atoms with van der Waals surface area (Å²) in [6.07, 6.45) is 0. The van der Waals surface area contributed by atoms with Gasteiger partial charge in [0.2, 0.25) is 0 Å². The lowest BCUT2D eigenvalue weighted by atomic mass is 10.1. The standard InChI is InChI=1S/C18H11Cl3N2O4S5/c19-14-4-3-13(28-14)10-1-2-11(22-31(24,25)17-7-5-15(20)29-17)12(9-10)23-32(26,27)18-8-6-16(21)30-18/h1-9,22-23H. The maximum absolute atomic E-state index is 12.9. The zero-order valence-corrected chi connectivity index (χ0v) is 21.9. The Hall–Kier alpha value is -1.31. The summed E-state index contributed by atoms with van der Waals surface area (Å²) in [4.78, 5) is 0.786. The summed E-state index contributed by atoms with van der Waals surface area (Å²) in [7, 11) is -8.01. The van der Waals surface area contributed by atoms with Crippen molar-refractivity contribution in [1.82, 2.24) is 0 Å². The zero-order valence-electron chi connectivity index (χ0n) is 15.5. The van der Waals surface area contributed by atoms with Gasteiger partial charge in [0.05, 0.1) is 24.4 Å². The molecular formula is C18H11Cl3N2O4S5. The average Bonchev–Trinajstić information content (AvgIpc) is 3.44. The van der Waals surface area contributed by atoms with E-state index in [4.69, 9.17) is 34.8 Å². The van der Waals surface area contributed by atoms with Crippen LogP contribution < -0.4 is 9.44 Å². The molecule has 14 heteroatoms. The summed E-state index contributed by atoms with van der Waals surface area (Å²) < 4.78 is 57.4. The molecule has 3 aromatic heterocycles. The largest absolute Gasteiger partial charge is 0.277 e. The molecule has 0 spiro atoms. The highest BCUT2D eigenvalue weighted by Crippen LogP contribution is 2.37. The predicted molar refractivity (Wildman–Crippen MR) is 135 cm³/mol. The van der Waals surface area contributed by atoms with E-state index >= 15 is 0 Å². The molecular weight excluding hydrogens is 575 g/mol. The Morgan fingerprint density at radius 3 is 1.56 bits per heavy atom. The normalized spacial score (nSPS) is 12.1. The fourth-order valence-corrected chi connectivity index (χ4v) is 8.77. The summed E-state index contributed by atoms with van der Waals surface area (Å²) in [5, 5.41) is 0. The van der Waals surface area contributed by atoms with Gasteiger partial charge in [0, 0.05) is 4.88 Å². The highest BCUT2D eigenvalue weighted by atomic mass is 35.5. The van der Waals surface area contributed by atoms with Crippen LogP contribution in [0.2, 0.25) is 13.0 Å². The minimum Gasteiger partial charge on any atom is -0.277 e. The first-order valence-electron chi connectivity index (χ1n) is 8.49. The summed E-state index contributed by atoms with van der Waals surface area (Å²) >= 11 is 20.8. The topological polar surface area (TPSA) is 92.3 Å². The first kappa shape index (κ1) is 23.8. The molecule has 0 amide bonds. The van der Waals surface area contributed by atoms with Gasteiger partial charge in [-0.2, -0.15) is 0 Å². The smallest absolute Gasteiger partial charge is 0.271 e. The molecule has 0 aliphatic heterocycles. The maximum Gasteiger partial charge on any atom is 0.271 e. The molecule has 4 rings (SSSR count). The lowest BCUT2D eigenvalue weighted by Crippen LogP contribution is -2.16. The second-order valence-electron chi connectivity index (χ2n) is 6.19. The van der Waals surface area contributed by atoms with Crippen molar-refractivity contribution in [3.63, 3.8) is 0 Å². The van der Waals surface area contributed by atoms with Gasteiger partial charge in [0.25, 0.3) is 20.0 Å². The minimum absolute atomic E-state index is 0.00420. The third-order valence-corrected chi connectivity index (χ3v) is 11.4. The fraction of sp³-hybridized carbons (Fsp3) is 0. The Morgan fingerprint density at radius 1 is 0.594 bits per heavy atom. The van der Waals surface area contributed by atoms with Gasteiger partial charge in [-0.15, -0.1) is 34.0 Å². The van der Waals surface area contributed by atoms with E-state index in [2.05, 4.69) is 9.44 Å². The number of nitrogens with one attached hydrogen (secondary N) is 2. The summed E-state index contributed by atoms with van der Waals surface area (Å²) in [5.41, 5.74) is 0.751. The van der Waals surface area contributed by atoms with Crippen LogP contribution in [0.15, 0.2) is 63.0 Å². The van der Waals surface area contributed by atoms with E-state index in [1.54, 1.807) is 18.2 Å². The van der Waals surface area contributed by atoms with Crippen molar-refractivity contribution in [3.05, 3.63) is 67.6 Å². The number of anilines is 2. The summed E-state index contributed by atoms with van der Waals surface area (Å²) in [6, 6.07) is 13.9. The molecule has 0 saturated heterocycles. The summed E-state index contributed by atoms with van der Waals surface area (Å²) in [6.45, 7) is 0. The van der Waals surface area contributed by atoms with Crippen LogP contribution >= 0.6 is 68.8 Å². The lowest BCUT2D eigenvalue weighted by Gasteiger charge is -2.15. The number of benzene rings is 1. The first-order chi connectivity index (χ1) is 15.0. The van der Waals surface area contributed by atoms with E-state index in [9.17, 15) is 16.8 Å². The van der Waals surface area contributed by atoms with Crippen LogP contribution in [-0.4, -0.2) is 16.8 Å². The molecule has 0 unspecified atom stereocenters. The molecule has 0 aliphatic carbocycles. The Kier molecular flexibility index (Phi) is 6.81. The fourth-order valence-electron chi connectivity index (χ4n) is 2.61. The molecule has 1 aromatic carbocycles. The van der Waals surface area contributed by atoms with Gasteiger partial charge < -0.3 is 0 Å².